The number of ether oxygens (including phenoxy) is 1. The smallest absolute Gasteiger partial charge is 0.250 e. The number of amides is 1. The first-order valence-corrected chi connectivity index (χ1v) is 7.69. The summed E-state index contributed by atoms with van der Waals surface area (Å²) in [6, 6.07) is 0. The molecule has 0 fully saturated rings. The highest BCUT2D eigenvalue weighted by Crippen LogP contribution is 2.26. The summed E-state index contributed by atoms with van der Waals surface area (Å²) in [5, 5.41) is 9.18. The zero-order chi connectivity index (χ0) is 18.7. The number of nitrogens with zero attached hydrogens (tertiary/aromatic N) is 3. The van der Waals surface area contributed by atoms with Crippen molar-refractivity contribution in [2.75, 3.05) is 26.9 Å². The molecule has 0 saturated carbocycles. The Bertz CT molecular complexity index is 657. The van der Waals surface area contributed by atoms with Crippen LogP contribution in [0.2, 0.25) is 0 Å². The van der Waals surface area contributed by atoms with Gasteiger partial charge in [0.15, 0.2) is 0 Å². The number of carbonyl (C=O) groups is 1. The molecule has 0 spiro atoms. The van der Waals surface area contributed by atoms with E-state index in [9.17, 15) is 9.90 Å². The Balaban J connectivity index is 3.56. The SMILES string of the molecule is C=C/C=C(OC)/C(N=C)=C(/C=N\CN)C1=CN(CCO)C(=O)C=CC1. The fourth-order valence-electron chi connectivity index (χ4n) is 2.24. The molecular weight excluding hydrogens is 320 g/mol. The summed E-state index contributed by atoms with van der Waals surface area (Å²) in [6.45, 7) is 7.41. The molecule has 0 saturated heterocycles. The average molecular weight is 344 g/mol. The third-order valence-electron chi connectivity index (χ3n) is 3.34. The summed E-state index contributed by atoms with van der Waals surface area (Å²) < 4.78 is 5.36. The maximum Gasteiger partial charge on any atom is 0.250 e. The minimum Gasteiger partial charge on any atom is -0.494 e. The van der Waals surface area contributed by atoms with Gasteiger partial charge in [-0.2, -0.15) is 0 Å². The van der Waals surface area contributed by atoms with Gasteiger partial charge in [-0.15, -0.1) is 0 Å². The van der Waals surface area contributed by atoms with Gasteiger partial charge in [-0.3, -0.25) is 14.8 Å². The molecule has 134 valence electrons. The van der Waals surface area contributed by atoms with Crippen LogP contribution in [-0.2, 0) is 9.53 Å². The van der Waals surface area contributed by atoms with Gasteiger partial charge in [-0.1, -0.05) is 18.7 Å². The van der Waals surface area contributed by atoms with Crippen molar-refractivity contribution in [3.8, 4) is 0 Å². The Kier molecular flexibility index (Phi) is 8.84. The number of allylic oxidation sites excluding steroid dienone is 5. The second kappa shape index (κ2) is 10.9. The Morgan fingerprint density at radius 2 is 2.32 bits per heavy atom. The van der Waals surface area contributed by atoms with Gasteiger partial charge in [0.05, 0.1) is 20.4 Å². The number of hydrogen-bond donors (Lipinski definition) is 2. The van der Waals surface area contributed by atoms with Gasteiger partial charge in [0.2, 0.25) is 5.91 Å². The predicted octanol–water partition coefficient (Wildman–Crippen LogP) is 1.31. The van der Waals surface area contributed by atoms with E-state index in [1.54, 1.807) is 30.6 Å². The number of aliphatic hydroxyl groups is 1. The topological polar surface area (TPSA) is 101 Å². The van der Waals surface area contributed by atoms with E-state index in [0.29, 0.717) is 23.5 Å². The van der Waals surface area contributed by atoms with Crippen LogP contribution >= 0.6 is 0 Å². The standard InChI is InChI=1S/C18H24N4O3/c1-4-6-16(25-3)18(20-2)15(11-21-13-19)14-7-5-8-17(24)22(12-14)9-10-23/h4-6,8,11-12,23H,1-2,7,9-10,13,19H2,3H3/b16-6-,18-15+,21-11-. The largest absolute Gasteiger partial charge is 0.494 e. The molecule has 7 heteroatoms. The van der Waals surface area contributed by atoms with E-state index >= 15 is 0 Å². The lowest BCUT2D eigenvalue weighted by Crippen LogP contribution is -2.27. The minimum absolute atomic E-state index is 0.101. The monoisotopic (exact) mass is 344 g/mol. The molecule has 1 aliphatic heterocycles. The summed E-state index contributed by atoms with van der Waals surface area (Å²) in [5.41, 5.74) is 7.33. The van der Waals surface area contributed by atoms with Crippen LogP contribution in [0.5, 0.6) is 0 Å². The van der Waals surface area contributed by atoms with Gasteiger partial charge in [-0.05, 0) is 30.9 Å². The Hall–Kier alpha value is -2.77. The van der Waals surface area contributed by atoms with Crippen molar-refractivity contribution in [2.24, 2.45) is 15.7 Å². The van der Waals surface area contributed by atoms with Crippen molar-refractivity contribution in [3.05, 3.63) is 59.7 Å². The normalized spacial score (nSPS) is 16.4. The Morgan fingerprint density at radius 3 is 2.88 bits per heavy atom. The highest BCUT2D eigenvalue weighted by Gasteiger charge is 2.18. The van der Waals surface area contributed by atoms with Crippen LogP contribution in [0.15, 0.2) is 69.7 Å². The molecule has 0 unspecified atom stereocenters. The maximum atomic E-state index is 12.0. The molecule has 1 heterocycles. The van der Waals surface area contributed by atoms with Gasteiger partial charge < -0.3 is 20.5 Å². The van der Waals surface area contributed by atoms with Gasteiger partial charge in [-0.25, -0.2) is 0 Å². The highest BCUT2D eigenvalue weighted by molar-refractivity contribution is 5.91. The fraction of sp³-hybridized carbons (Fsp3) is 0.278. The number of hydrogen-bond acceptors (Lipinski definition) is 6. The van der Waals surface area contributed by atoms with Crippen molar-refractivity contribution >= 4 is 18.8 Å². The molecule has 0 atom stereocenters. The maximum absolute atomic E-state index is 12.0. The van der Waals surface area contributed by atoms with Crippen molar-refractivity contribution in [1.82, 2.24) is 4.90 Å². The lowest BCUT2D eigenvalue weighted by atomic mass is 10.0. The zero-order valence-corrected chi connectivity index (χ0v) is 14.4. The summed E-state index contributed by atoms with van der Waals surface area (Å²) in [5.74, 6) is 0.249. The molecule has 25 heavy (non-hydrogen) atoms. The third-order valence-corrected chi connectivity index (χ3v) is 3.34. The fourth-order valence-corrected chi connectivity index (χ4v) is 2.24. The van der Waals surface area contributed by atoms with Gasteiger partial charge in [0, 0.05) is 24.5 Å². The van der Waals surface area contributed by atoms with Crippen LogP contribution in [0.4, 0.5) is 0 Å². The van der Waals surface area contributed by atoms with E-state index in [-0.39, 0.29) is 25.7 Å². The van der Waals surface area contributed by atoms with E-state index in [1.165, 1.54) is 18.1 Å². The molecule has 0 aromatic heterocycles. The zero-order valence-electron chi connectivity index (χ0n) is 14.4. The quantitative estimate of drug-likeness (QED) is 0.374. The molecule has 3 N–H and O–H groups in total. The van der Waals surface area contributed by atoms with E-state index in [4.69, 9.17) is 10.5 Å². The van der Waals surface area contributed by atoms with Crippen molar-refractivity contribution in [1.29, 1.82) is 0 Å². The molecule has 0 bridgehead atoms. The molecule has 0 radical (unpaired) electrons. The average Bonchev–Trinajstić information content (AvgIpc) is 2.79. The molecule has 0 aliphatic carbocycles. The number of nitrogens with two attached hydrogens (primary N) is 1. The van der Waals surface area contributed by atoms with Crippen LogP contribution in [0.1, 0.15) is 6.42 Å². The lowest BCUT2D eigenvalue weighted by Gasteiger charge is -2.17. The Morgan fingerprint density at radius 1 is 1.56 bits per heavy atom. The van der Waals surface area contributed by atoms with Crippen molar-refractivity contribution in [2.45, 2.75) is 6.42 Å². The number of β-amino-alcohol motifs (C(OH)–C–C–N with tert-alkyl or cyclic N) is 1. The van der Waals surface area contributed by atoms with Gasteiger partial charge >= 0.3 is 0 Å². The lowest BCUT2D eigenvalue weighted by molar-refractivity contribution is -0.123. The third kappa shape index (κ3) is 5.66. The van der Waals surface area contributed by atoms with Crippen LogP contribution in [0.3, 0.4) is 0 Å². The minimum atomic E-state index is -0.208. The first kappa shape index (κ1) is 20.3. The number of rotatable bonds is 9. The van der Waals surface area contributed by atoms with Crippen LogP contribution < -0.4 is 5.73 Å². The number of aliphatic hydroxyl groups excluding tert-OH is 1. The van der Waals surface area contributed by atoms with E-state index in [1.807, 2.05) is 0 Å². The van der Waals surface area contributed by atoms with Gasteiger partial charge in [0.25, 0.3) is 0 Å². The van der Waals surface area contributed by atoms with Gasteiger partial charge in [0.1, 0.15) is 11.5 Å². The highest BCUT2D eigenvalue weighted by atomic mass is 16.5. The summed E-state index contributed by atoms with van der Waals surface area (Å²) in [4.78, 5) is 21.6. The molecule has 0 aromatic rings. The molecule has 7 nitrogen and oxygen atoms in total. The number of methoxy groups -OCH3 is 1. The molecule has 1 amide bonds. The molecule has 1 rings (SSSR count). The van der Waals surface area contributed by atoms with Crippen LogP contribution in [-0.4, -0.2) is 55.8 Å². The molecule has 0 aromatic carbocycles. The number of aliphatic imine (C=N–C) groups is 2. The number of carbonyl (C=O) groups excluding carboxylic acids is 1. The molecular formula is C18H24N4O3. The van der Waals surface area contributed by atoms with Crippen LogP contribution in [0, 0.1) is 0 Å². The summed E-state index contributed by atoms with van der Waals surface area (Å²) in [6.07, 6.45) is 10.2. The summed E-state index contributed by atoms with van der Waals surface area (Å²) in [7, 11) is 1.52. The van der Waals surface area contributed by atoms with E-state index < -0.39 is 0 Å². The summed E-state index contributed by atoms with van der Waals surface area (Å²) >= 11 is 0. The second-order valence-corrected chi connectivity index (χ2v) is 4.90. The Labute approximate surface area is 147 Å². The van der Waals surface area contributed by atoms with E-state index in [0.717, 1.165) is 5.57 Å². The second-order valence-electron chi connectivity index (χ2n) is 4.90. The molecule has 1 aliphatic rings. The van der Waals surface area contributed by atoms with Crippen molar-refractivity contribution < 1.29 is 14.6 Å². The van der Waals surface area contributed by atoms with E-state index in [2.05, 4.69) is 23.3 Å². The van der Waals surface area contributed by atoms with Crippen LogP contribution in [0.25, 0.3) is 0 Å². The first-order chi connectivity index (χ1) is 12.1. The van der Waals surface area contributed by atoms with Crippen molar-refractivity contribution in [3.63, 3.8) is 0 Å². The predicted molar refractivity (Wildman–Crippen MR) is 100 cm³/mol. The first-order valence-electron chi connectivity index (χ1n) is 7.69.